The summed E-state index contributed by atoms with van der Waals surface area (Å²) in [5.74, 6) is 1.43. The topological polar surface area (TPSA) is 61.9 Å². The Labute approximate surface area is 179 Å². The summed E-state index contributed by atoms with van der Waals surface area (Å²) in [7, 11) is 1.61. The molecule has 3 aliphatic rings. The van der Waals surface area contributed by atoms with Gasteiger partial charge in [0.2, 0.25) is 11.8 Å². The van der Waals surface area contributed by atoms with Crippen molar-refractivity contribution in [3.05, 3.63) is 23.8 Å². The molecule has 2 heterocycles. The molecule has 1 aromatic carbocycles. The minimum Gasteiger partial charge on any atom is -0.495 e. The minimum atomic E-state index is -0.256. The highest BCUT2D eigenvalue weighted by Gasteiger charge is 2.39. The van der Waals surface area contributed by atoms with Crippen molar-refractivity contribution in [2.75, 3.05) is 38.2 Å². The summed E-state index contributed by atoms with van der Waals surface area (Å²) >= 11 is 0. The zero-order valence-electron chi connectivity index (χ0n) is 17.4. The number of hydrogen-bond acceptors (Lipinski definition) is 4. The molecule has 0 radical (unpaired) electrons. The number of carbonyl (C=O) groups excluding carboxylic acids is 2. The predicted molar refractivity (Wildman–Crippen MR) is 116 cm³/mol. The smallest absolute Gasteiger partial charge is 0.228 e. The number of nitrogens with one attached hydrogen (secondary N) is 1. The fraction of sp³-hybridized carbons (Fsp3) is 0.636. The maximum atomic E-state index is 13.0. The van der Waals surface area contributed by atoms with Gasteiger partial charge in [0, 0.05) is 32.1 Å². The van der Waals surface area contributed by atoms with Crippen LogP contribution in [0.5, 0.6) is 5.75 Å². The number of methoxy groups -OCH3 is 1. The summed E-state index contributed by atoms with van der Waals surface area (Å²) < 4.78 is 5.43. The average molecular weight is 422 g/mol. The Bertz CT molecular complexity index is 745. The van der Waals surface area contributed by atoms with E-state index in [0.29, 0.717) is 18.3 Å². The first-order valence-corrected chi connectivity index (χ1v) is 10.5. The van der Waals surface area contributed by atoms with Crippen LogP contribution in [-0.4, -0.2) is 56.0 Å². The fourth-order valence-electron chi connectivity index (χ4n) is 4.33. The largest absolute Gasteiger partial charge is 0.495 e. The van der Waals surface area contributed by atoms with Crippen LogP contribution in [-0.2, 0) is 9.59 Å². The van der Waals surface area contributed by atoms with Crippen LogP contribution < -0.4 is 15.0 Å². The zero-order valence-corrected chi connectivity index (χ0v) is 18.2. The maximum Gasteiger partial charge on any atom is 0.228 e. The number of hydrogen-bond donors (Lipinski definition) is 1. The van der Waals surface area contributed by atoms with Crippen molar-refractivity contribution in [1.82, 2.24) is 10.2 Å². The van der Waals surface area contributed by atoms with E-state index >= 15 is 0 Å². The van der Waals surface area contributed by atoms with Gasteiger partial charge in [-0.2, -0.15) is 0 Å². The quantitative estimate of drug-likeness (QED) is 0.767. The molecule has 3 fully saturated rings. The van der Waals surface area contributed by atoms with Crippen LogP contribution in [0.3, 0.4) is 0 Å². The average Bonchev–Trinajstić information content (AvgIpc) is 3.46. The number of halogens is 1. The molecule has 29 heavy (non-hydrogen) atoms. The van der Waals surface area contributed by atoms with Gasteiger partial charge in [0.15, 0.2) is 0 Å². The molecule has 7 heteroatoms. The fourth-order valence-corrected chi connectivity index (χ4v) is 4.33. The van der Waals surface area contributed by atoms with Gasteiger partial charge in [0.05, 0.1) is 18.7 Å². The molecule has 0 bridgehead atoms. The van der Waals surface area contributed by atoms with E-state index in [0.717, 1.165) is 49.6 Å². The standard InChI is InChI=1S/C22H31N3O3.ClH/c1-15-3-6-20(28-2)19(11-15)25-14-17(12-21(25)26)22(27)24-9-7-18(8-10-24)23-13-16-4-5-16;/h3,6,11,16-18,23H,4-5,7-10,12-14H2,1-2H3;1H. The Kier molecular flexibility index (Phi) is 7.06. The van der Waals surface area contributed by atoms with Crippen LogP contribution in [0.2, 0.25) is 0 Å². The van der Waals surface area contributed by atoms with Gasteiger partial charge in [-0.1, -0.05) is 6.07 Å². The number of anilines is 1. The third kappa shape index (κ3) is 5.04. The molecule has 2 aliphatic heterocycles. The SMILES string of the molecule is COc1ccc(C)cc1N1CC(C(=O)N2CCC(NCC3CC3)CC2)CC1=O.Cl. The number of benzene rings is 1. The van der Waals surface area contributed by atoms with Crippen molar-refractivity contribution in [2.45, 2.75) is 45.1 Å². The molecule has 160 valence electrons. The zero-order chi connectivity index (χ0) is 19.7. The van der Waals surface area contributed by atoms with Crippen molar-refractivity contribution in [1.29, 1.82) is 0 Å². The molecule has 1 aromatic rings. The van der Waals surface area contributed by atoms with E-state index in [9.17, 15) is 9.59 Å². The van der Waals surface area contributed by atoms with E-state index in [1.807, 2.05) is 30.0 Å². The van der Waals surface area contributed by atoms with E-state index in [1.165, 1.54) is 12.8 Å². The summed E-state index contributed by atoms with van der Waals surface area (Å²) in [5.41, 5.74) is 1.84. The molecule has 6 nitrogen and oxygen atoms in total. The molecular formula is C22H32ClN3O3. The van der Waals surface area contributed by atoms with Crippen molar-refractivity contribution in [3.63, 3.8) is 0 Å². The Morgan fingerprint density at radius 2 is 1.93 bits per heavy atom. The van der Waals surface area contributed by atoms with Gasteiger partial charge in [-0.15, -0.1) is 12.4 Å². The third-order valence-corrected chi connectivity index (χ3v) is 6.30. The van der Waals surface area contributed by atoms with E-state index in [2.05, 4.69) is 5.32 Å². The molecule has 2 saturated heterocycles. The Balaban J connectivity index is 0.00000240. The monoisotopic (exact) mass is 421 g/mol. The molecular weight excluding hydrogens is 390 g/mol. The van der Waals surface area contributed by atoms with Crippen LogP contribution in [0, 0.1) is 18.8 Å². The summed E-state index contributed by atoms with van der Waals surface area (Å²) in [5, 5.41) is 3.65. The van der Waals surface area contributed by atoms with Gasteiger partial charge in [0.1, 0.15) is 5.75 Å². The molecule has 1 unspecified atom stereocenters. The molecule has 0 spiro atoms. The van der Waals surface area contributed by atoms with E-state index < -0.39 is 0 Å². The van der Waals surface area contributed by atoms with Crippen LogP contribution in [0.15, 0.2) is 18.2 Å². The lowest BCUT2D eigenvalue weighted by Gasteiger charge is -2.34. The summed E-state index contributed by atoms with van der Waals surface area (Å²) in [6.45, 7) is 5.15. The summed E-state index contributed by atoms with van der Waals surface area (Å²) in [4.78, 5) is 29.4. The van der Waals surface area contributed by atoms with Gasteiger partial charge in [-0.25, -0.2) is 0 Å². The highest BCUT2D eigenvalue weighted by atomic mass is 35.5. The lowest BCUT2D eigenvalue weighted by molar-refractivity contribution is -0.136. The van der Waals surface area contributed by atoms with E-state index in [4.69, 9.17) is 4.74 Å². The van der Waals surface area contributed by atoms with Crippen molar-refractivity contribution < 1.29 is 14.3 Å². The van der Waals surface area contributed by atoms with Crippen molar-refractivity contribution in [3.8, 4) is 5.75 Å². The Morgan fingerprint density at radius 3 is 2.59 bits per heavy atom. The van der Waals surface area contributed by atoms with Crippen LogP contribution in [0.1, 0.15) is 37.7 Å². The van der Waals surface area contributed by atoms with Gasteiger partial charge < -0.3 is 19.9 Å². The molecule has 1 atom stereocenters. The molecule has 1 aliphatic carbocycles. The normalized spacial score (nSPS) is 22.6. The number of carbonyl (C=O) groups is 2. The van der Waals surface area contributed by atoms with Gasteiger partial charge in [0.25, 0.3) is 0 Å². The van der Waals surface area contributed by atoms with Crippen molar-refractivity contribution >= 4 is 29.9 Å². The first kappa shape index (κ1) is 21.9. The second-order valence-electron chi connectivity index (χ2n) is 8.53. The van der Waals surface area contributed by atoms with E-state index in [-0.39, 0.29) is 36.6 Å². The first-order chi connectivity index (χ1) is 13.5. The van der Waals surface area contributed by atoms with Gasteiger partial charge in [-0.05, 0) is 62.8 Å². The number of likely N-dealkylation sites (tertiary alicyclic amines) is 1. The number of amides is 2. The number of nitrogens with zero attached hydrogens (tertiary/aromatic N) is 2. The molecule has 2 amide bonds. The first-order valence-electron chi connectivity index (χ1n) is 10.5. The van der Waals surface area contributed by atoms with Crippen LogP contribution >= 0.6 is 12.4 Å². The third-order valence-electron chi connectivity index (χ3n) is 6.30. The number of piperidine rings is 1. The van der Waals surface area contributed by atoms with Gasteiger partial charge in [-0.3, -0.25) is 9.59 Å². The number of rotatable bonds is 6. The minimum absolute atomic E-state index is 0. The maximum absolute atomic E-state index is 13.0. The number of ether oxygens (including phenoxy) is 1. The molecule has 0 aromatic heterocycles. The van der Waals surface area contributed by atoms with Crippen molar-refractivity contribution in [2.24, 2.45) is 11.8 Å². The lowest BCUT2D eigenvalue weighted by atomic mass is 10.0. The second-order valence-corrected chi connectivity index (χ2v) is 8.53. The van der Waals surface area contributed by atoms with Gasteiger partial charge >= 0.3 is 0 Å². The summed E-state index contributed by atoms with van der Waals surface area (Å²) in [6, 6.07) is 6.34. The lowest BCUT2D eigenvalue weighted by Crippen LogP contribution is -2.47. The molecule has 1 saturated carbocycles. The highest BCUT2D eigenvalue weighted by molar-refractivity contribution is 6.01. The highest BCUT2D eigenvalue weighted by Crippen LogP contribution is 2.34. The second kappa shape index (κ2) is 9.35. The Hall–Kier alpha value is -1.79. The molecule has 1 N–H and O–H groups in total. The Morgan fingerprint density at radius 1 is 1.21 bits per heavy atom. The predicted octanol–water partition coefficient (Wildman–Crippen LogP) is 2.77. The van der Waals surface area contributed by atoms with E-state index in [1.54, 1.807) is 12.0 Å². The number of aryl methyl sites for hydroxylation is 1. The molecule has 4 rings (SSSR count). The van der Waals surface area contributed by atoms with Crippen LogP contribution in [0.4, 0.5) is 5.69 Å². The summed E-state index contributed by atoms with van der Waals surface area (Å²) in [6.07, 6.45) is 5.03. The van der Waals surface area contributed by atoms with Crippen LogP contribution in [0.25, 0.3) is 0 Å².